The van der Waals surface area contributed by atoms with Crippen molar-refractivity contribution < 1.29 is 18.3 Å². The molecule has 0 radical (unpaired) electrons. The number of nitrogens with two attached hydrogens (primary N) is 1. The molecule has 1 aromatic rings. The van der Waals surface area contributed by atoms with Gasteiger partial charge in [0, 0.05) is 0 Å². The molecule has 1 aromatic heterocycles. The van der Waals surface area contributed by atoms with Gasteiger partial charge in [-0.3, -0.25) is 8.74 Å². The van der Waals surface area contributed by atoms with Gasteiger partial charge in [-0.1, -0.05) is 0 Å². The summed E-state index contributed by atoms with van der Waals surface area (Å²) in [6.45, 7) is 0. The van der Waals surface area contributed by atoms with Crippen LogP contribution in [0.25, 0.3) is 0 Å². The number of rotatable bonds is 3. The molecule has 1 unspecified atom stereocenters. The van der Waals surface area contributed by atoms with Crippen LogP contribution in [0.1, 0.15) is 10.5 Å². The average Bonchev–Trinajstić information content (AvgIpc) is 2.28. The zero-order valence-corrected chi connectivity index (χ0v) is 9.15. The van der Waals surface area contributed by atoms with E-state index in [4.69, 9.17) is 9.32 Å². The summed E-state index contributed by atoms with van der Waals surface area (Å²) in [7, 11) is -0.205. The van der Waals surface area contributed by atoms with E-state index in [1.807, 2.05) is 0 Å². The van der Waals surface area contributed by atoms with Gasteiger partial charge in [-0.15, -0.1) is 10.8 Å². The Morgan fingerprint density at radius 1 is 1.53 bits per heavy atom. The monoisotopic (exact) mass is 232 g/mol. The number of pyridine rings is 1. The van der Waals surface area contributed by atoms with Crippen molar-refractivity contribution in [1.29, 1.82) is 0 Å². The molecule has 0 bridgehead atoms. The Kier molecular flexibility index (Phi) is 3.64. The van der Waals surface area contributed by atoms with Gasteiger partial charge in [0.25, 0.3) is 0 Å². The second-order valence-corrected chi connectivity index (χ2v) is 4.55. The predicted molar refractivity (Wildman–Crippen MR) is 55.3 cm³/mol. The SMILES string of the molecule is COC(=O)c1ccc(S(N)(O)OC)cn1. The normalized spacial score (nSPS) is 16.5. The van der Waals surface area contributed by atoms with Crippen LogP contribution in [0.15, 0.2) is 23.2 Å². The summed E-state index contributed by atoms with van der Waals surface area (Å²) in [6, 6.07) is 2.88. The smallest absolute Gasteiger partial charge is 0.356 e. The Hall–Kier alpha value is -1.15. The first-order valence-corrected chi connectivity index (χ1v) is 5.52. The first-order chi connectivity index (χ1) is 7.01. The van der Waals surface area contributed by atoms with E-state index in [0.717, 1.165) is 0 Å². The molecule has 1 heterocycles. The minimum Gasteiger partial charge on any atom is -0.464 e. The number of aromatic nitrogens is 1. The van der Waals surface area contributed by atoms with Gasteiger partial charge in [0.15, 0.2) is 0 Å². The maximum Gasteiger partial charge on any atom is 0.356 e. The van der Waals surface area contributed by atoms with Crippen molar-refractivity contribution in [2.45, 2.75) is 4.90 Å². The van der Waals surface area contributed by atoms with Gasteiger partial charge in [0.2, 0.25) is 0 Å². The van der Waals surface area contributed by atoms with E-state index in [-0.39, 0.29) is 5.69 Å². The lowest BCUT2D eigenvalue weighted by Crippen LogP contribution is -2.13. The van der Waals surface area contributed by atoms with Crippen LogP contribution in [-0.4, -0.2) is 29.7 Å². The molecule has 0 spiro atoms. The molecular weight excluding hydrogens is 220 g/mol. The van der Waals surface area contributed by atoms with Crippen molar-refractivity contribution >= 4 is 16.7 Å². The fraction of sp³-hybridized carbons (Fsp3) is 0.250. The van der Waals surface area contributed by atoms with Gasteiger partial charge in [-0.2, -0.15) is 0 Å². The van der Waals surface area contributed by atoms with Gasteiger partial charge in [-0.05, 0) is 12.1 Å². The number of esters is 1. The van der Waals surface area contributed by atoms with Gasteiger partial charge < -0.3 is 4.74 Å². The summed E-state index contributed by atoms with van der Waals surface area (Å²) in [4.78, 5) is 15.2. The third kappa shape index (κ3) is 2.66. The first-order valence-electron chi connectivity index (χ1n) is 3.94. The number of ether oxygens (including phenoxy) is 1. The molecule has 1 rings (SSSR count). The van der Waals surface area contributed by atoms with Crippen molar-refractivity contribution in [3.05, 3.63) is 24.0 Å². The minimum absolute atomic E-state index is 0.146. The Labute approximate surface area is 88.9 Å². The molecule has 0 aliphatic rings. The fourth-order valence-electron chi connectivity index (χ4n) is 0.875. The number of hydrogen-bond donors (Lipinski definition) is 2. The first kappa shape index (κ1) is 11.9. The van der Waals surface area contributed by atoms with Crippen molar-refractivity contribution in [3.63, 3.8) is 0 Å². The number of nitrogens with zero attached hydrogens (tertiary/aromatic N) is 1. The molecule has 0 saturated heterocycles. The highest BCUT2D eigenvalue weighted by atomic mass is 32.3. The largest absolute Gasteiger partial charge is 0.464 e. The Morgan fingerprint density at radius 3 is 2.60 bits per heavy atom. The van der Waals surface area contributed by atoms with Crippen LogP contribution in [0.3, 0.4) is 0 Å². The van der Waals surface area contributed by atoms with E-state index >= 15 is 0 Å². The van der Waals surface area contributed by atoms with E-state index in [1.54, 1.807) is 0 Å². The van der Waals surface area contributed by atoms with Gasteiger partial charge in [-0.25, -0.2) is 14.9 Å². The maximum absolute atomic E-state index is 11.0. The molecule has 6 nitrogen and oxygen atoms in total. The zero-order chi connectivity index (χ0) is 11.5. The van der Waals surface area contributed by atoms with Gasteiger partial charge in [0.1, 0.15) is 5.69 Å². The maximum atomic E-state index is 11.0. The van der Waals surface area contributed by atoms with Crippen molar-refractivity contribution in [1.82, 2.24) is 4.98 Å². The average molecular weight is 232 g/mol. The Bertz CT molecular complexity index is 352. The lowest BCUT2D eigenvalue weighted by Gasteiger charge is -2.30. The topological polar surface area (TPSA) is 94.7 Å². The molecule has 0 aromatic carbocycles. The summed E-state index contributed by atoms with van der Waals surface area (Å²) in [5.74, 6) is -0.547. The number of methoxy groups -OCH3 is 1. The van der Waals surface area contributed by atoms with Crippen LogP contribution in [0.4, 0.5) is 0 Å². The standard InChI is InChI=1S/C8H12N2O4S/c1-13-8(11)7-4-3-6(5-10-7)15(9,12)14-2/h3-5,12H,9H2,1-2H3. The van der Waals surface area contributed by atoms with Crippen LogP contribution in [0, 0.1) is 0 Å². The molecule has 0 aliphatic heterocycles. The molecular formula is C8H12N2O4S. The highest BCUT2D eigenvalue weighted by Gasteiger charge is 2.14. The molecule has 7 heteroatoms. The molecule has 15 heavy (non-hydrogen) atoms. The van der Waals surface area contributed by atoms with Crippen LogP contribution in [0.5, 0.6) is 0 Å². The molecule has 0 fully saturated rings. The Morgan fingerprint density at radius 2 is 2.20 bits per heavy atom. The molecule has 1 atom stereocenters. The van der Waals surface area contributed by atoms with Crippen LogP contribution in [0.2, 0.25) is 0 Å². The molecule has 84 valence electrons. The molecule has 3 N–H and O–H groups in total. The third-order valence-electron chi connectivity index (χ3n) is 1.72. The second kappa shape index (κ2) is 4.58. The van der Waals surface area contributed by atoms with E-state index in [2.05, 4.69) is 9.72 Å². The fourth-order valence-corrected chi connectivity index (χ4v) is 1.53. The second-order valence-electron chi connectivity index (χ2n) is 2.61. The lowest BCUT2D eigenvalue weighted by atomic mass is 10.3. The lowest BCUT2D eigenvalue weighted by molar-refractivity contribution is 0.0594. The predicted octanol–water partition coefficient (Wildman–Crippen LogP) is 0.940. The number of hydrogen-bond acceptors (Lipinski definition) is 6. The molecule has 0 amide bonds. The highest BCUT2D eigenvalue weighted by molar-refractivity contribution is 8.23. The van der Waals surface area contributed by atoms with Crippen molar-refractivity contribution in [2.24, 2.45) is 5.14 Å². The van der Waals surface area contributed by atoms with E-state index in [0.29, 0.717) is 4.90 Å². The molecule has 0 aliphatic carbocycles. The summed E-state index contributed by atoms with van der Waals surface area (Å²) in [5, 5.41) is 5.46. The zero-order valence-electron chi connectivity index (χ0n) is 8.34. The van der Waals surface area contributed by atoms with E-state index in [9.17, 15) is 9.35 Å². The third-order valence-corrected chi connectivity index (χ3v) is 3.15. The van der Waals surface area contributed by atoms with Gasteiger partial charge in [0.05, 0.1) is 25.3 Å². The van der Waals surface area contributed by atoms with Crippen LogP contribution < -0.4 is 5.14 Å². The summed E-state index contributed by atoms with van der Waals surface area (Å²) < 4.78 is 18.7. The van der Waals surface area contributed by atoms with Crippen molar-refractivity contribution in [2.75, 3.05) is 14.2 Å². The number of carbonyl (C=O) groups excluding carboxylic acids is 1. The van der Waals surface area contributed by atoms with Gasteiger partial charge >= 0.3 is 5.97 Å². The highest BCUT2D eigenvalue weighted by Crippen LogP contribution is 2.43. The Balaban J connectivity index is 2.95. The van der Waals surface area contributed by atoms with Crippen molar-refractivity contribution in [3.8, 4) is 0 Å². The van der Waals surface area contributed by atoms with E-state index < -0.39 is 16.7 Å². The quantitative estimate of drug-likeness (QED) is 0.753. The summed E-state index contributed by atoms with van der Waals surface area (Å²) in [5.41, 5.74) is 0.146. The molecule has 0 saturated carbocycles. The van der Waals surface area contributed by atoms with Crippen LogP contribution in [-0.2, 0) is 8.92 Å². The summed E-state index contributed by atoms with van der Waals surface area (Å²) >= 11 is 0. The number of carbonyl (C=O) groups is 1. The minimum atomic E-state index is -2.76. The van der Waals surface area contributed by atoms with Crippen LogP contribution >= 0.6 is 10.8 Å². The summed E-state index contributed by atoms with van der Waals surface area (Å²) in [6.07, 6.45) is 1.28. The van der Waals surface area contributed by atoms with E-state index in [1.165, 1.54) is 32.5 Å².